The number of nitrogens with one attached hydrogen (secondary N) is 1. The zero-order chi connectivity index (χ0) is 12.3. The molecule has 2 rings (SSSR count). The second kappa shape index (κ2) is 5.19. The van der Waals surface area contributed by atoms with Crippen LogP contribution in [0.2, 0.25) is 0 Å². The molecule has 2 heteroatoms. The highest BCUT2D eigenvalue weighted by Crippen LogP contribution is 2.18. The first-order valence-corrected chi connectivity index (χ1v) is 6.23. The summed E-state index contributed by atoms with van der Waals surface area (Å²) >= 11 is 0. The van der Waals surface area contributed by atoms with E-state index in [1.165, 1.54) is 16.0 Å². The minimum absolute atomic E-state index is 0.503. The lowest BCUT2D eigenvalue weighted by Crippen LogP contribution is -3.09. The van der Waals surface area contributed by atoms with E-state index in [0.717, 1.165) is 6.54 Å². The molecule has 0 atom stereocenters. The van der Waals surface area contributed by atoms with Gasteiger partial charge in [0.05, 0.1) is 14.1 Å². The van der Waals surface area contributed by atoms with Crippen molar-refractivity contribution >= 4 is 0 Å². The van der Waals surface area contributed by atoms with Crippen molar-refractivity contribution < 1.29 is 4.90 Å². The Morgan fingerprint density at radius 1 is 1.00 bits per heavy atom. The van der Waals surface area contributed by atoms with Gasteiger partial charge in [0.1, 0.15) is 6.04 Å². The fourth-order valence-corrected chi connectivity index (χ4v) is 1.97. The summed E-state index contributed by atoms with van der Waals surface area (Å²) in [7, 11) is 4.36. The van der Waals surface area contributed by atoms with Crippen LogP contribution in [0.1, 0.15) is 6.92 Å². The maximum Gasteiger partial charge on any atom is 0.125 e. The Bertz CT molecular complexity index is 390. The third-order valence-electron chi connectivity index (χ3n) is 3.22. The first-order chi connectivity index (χ1) is 8.20. The van der Waals surface area contributed by atoms with E-state index in [1.807, 2.05) is 0 Å². The van der Waals surface area contributed by atoms with E-state index in [1.54, 1.807) is 0 Å². The summed E-state index contributed by atoms with van der Waals surface area (Å²) in [4.78, 5) is 3.61. The molecule has 17 heavy (non-hydrogen) atoms. The average molecular weight is 229 g/mol. The van der Waals surface area contributed by atoms with Crippen molar-refractivity contribution in [3.63, 3.8) is 0 Å². The van der Waals surface area contributed by atoms with Gasteiger partial charge in [-0.15, -0.1) is 0 Å². The molecule has 1 aliphatic heterocycles. The molecule has 0 fully saturated rings. The van der Waals surface area contributed by atoms with Crippen LogP contribution in [0.5, 0.6) is 0 Å². The summed E-state index contributed by atoms with van der Waals surface area (Å²) in [6.07, 6.45) is 17.6. The van der Waals surface area contributed by atoms with Crippen molar-refractivity contribution in [2.75, 3.05) is 20.6 Å². The highest BCUT2D eigenvalue weighted by Gasteiger charge is 2.11. The molecule has 90 valence electrons. The minimum Gasteiger partial charge on any atom is -0.354 e. The topological polar surface area (TPSA) is 7.68 Å². The molecule has 2 aliphatic rings. The van der Waals surface area contributed by atoms with Gasteiger partial charge in [-0.25, -0.2) is 0 Å². The molecule has 0 saturated carbocycles. The third-order valence-corrected chi connectivity index (χ3v) is 3.22. The Hall–Kier alpha value is -1.54. The van der Waals surface area contributed by atoms with E-state index in [2.05, 4.69) is 74.8 Å². The standard InChI is InChI=1S/C15H20N2/c1-4-17-11-9-14(10-12-17)13-5-7-15(8-6-13)16(2)3/h5-12,15H,4H2,1-3H3/p+1. The molecule has 0 amide bonds. The SMILES string of the molecule is CCN1C=CC(=C2C=CC([NH+](C)C)C=C2)C=C1. The summed E-state index contributed by atoms with van der Waals surface area (Å²) in [6, 6.07) is 0.503. The van der Waals surface area contributed by atoms with Gasteiger partial charge in [-0.1, -0.05) is 12.2 Å². The molecule has 1 aliphatic carbocycles. The van der Waals surface area contributed by atoms with E-state index in [4.69, 9.17) is 0 Å². The molecule has 1 N–H and O–H groups in total. The fraction of sp³-hybridized carbons (Fsp3) is 0.333. The number of allylic oxidation sites excluding steroid dienone is 6. The van der Waals surface area contributed by atoms with Gasteiger partial charge in [0.25, 0.3) is 0 Å². The molecule has 0 saturated heterocycles. The molecule has 0 aromatic heterocycles. The zero-order valence-corrected chi connectivity index (χ0v) is 10.9. The predicted octanol–water partition coefficient (Wildman–Crippen LogP) is 1.29. The maximum absolute atomic E-state index is 2.27. The van der Waals surface area contributed by atoms with Crippen LogP contribution in [0, 0.1) is 0 Å². The Balaban J connectivity index is 2.14. The van der Waals surface area contributed by atoms with E-state index in [9.17, 15) is 0 Å². The van der Waals surface area contributed by atoms with Crippen LogP contribution in [0.3, 0.4) is 0 Å². The Labute approximate surface area is 104 Å². The van der Waals surface area contributed by atoms with E-state index in [0.29, 0.717) is 6.04 Å². The molecule has 1 heterocycles. The van der Waals surface area contributed by atoms with Gasteiger partial charge in [0.15, 0.2) is 0 Å². The summed E-state index contributed by atoms with van der Waals surface area (Å²) in [5.41, 5.74) is 2.58. The quantitative estimate of drug-likeness (QED) is 0.749. The number of hydrogen-bond donors (Lipinski definition) is 1. The largest absolute Gasteiger partial charge is 0.354 e. The van der Waals surface area contributed by atoms with E-state index < -0.39 is 0 Å². The van der Waals surface area contributed by atoms with Gasteiger partial charge in [0, 0.05) is 18.9 Å². The monoisotopic (exact) mass is 229 g/mol. The van der Waals surface area contributed by atoms with Gasteiger partial charge in [-0.05, 0) is 42.4 Å². The Kier molecular flexibility index (Phi) is 3.64. The Morgan fingerprint density at radius 2 is 1.53 bits per heavy atom. The second-order valence-electron chi connectivity index (χ2n) is 4.69. The number of likely N-dealkylation sites (N-methyl/N-ethyl adjacent to an activating group) is 1. The van der Waals surface area contributed by atoms with Crippen molar-refractivity contribution in [1.82, 2.24) is 4.90 Å². The lowest BCUT2D eigenvalue weighted by Gasteiger charge is -2.19. The van der Waals surface area contributed by atoms with Crippen molar-refractivity contribution in [1.29, 1.82) is 0 Å². The van der Waals surface area contributed by atoms with E-state index in [-0.39, 0.29) is 0 Å². The molecule has 0 aromatic rings. The number of nitrogens with zero attached hydrogens (tertiary/aromatic N) is 1. The first kappa shape index (κ1) is 11.9. The van der Waals surface area contributed by atoms with Gasteiger partial charge < -0.3 is 9.80 Å². The second-order valence-corrected chi connectivity index (χ2v) is 4.69. The highest BCUT2D eigenvalue weighted by molar-refractivity contribution is 5.49. The molecular formula is C15H21N2+. The van der Waals surface area contributed by atoms with E-state index >= 15 is 0 Å². The average Bonchev–Trinajstić information content (AvgIpc) is 2.39. The summed E-state index contributed by atoms with van der Waals surface area (Å²) in [5, 5.41) is 0. The number of quaternary nitrogens is 1. The fourth-order valence-electron chi connectivity index (χ4n) is 1.97. The van der Waals surface area contributed by atoms with Gasteiger partial charge in [-0.2, -0.15) is 0 Å². The van der Waals surface area contributed by atoms with Crippen molar-refractivity contribution in [2.45, 2.75) is 13.0 Å². The molecular weight excluding hydrogens is 208 g/mol. The van der Waals surface area contributed by atoms with Gasteiger partial charge in [0.2, 0.25) is 0 Å². The van der Waals surface area contributed by atoms with Crippen LogP contribution in [-0.2, 0) is 0 Å². The minimum atomic E-state index is 0.503. The van der Waals surface area contributed by atoms with Crippen molar-refractivity contribution in [3.8, 4) is 0 Å². The molecule has 0 radical (unpaired) electrons. The summed E-state index contributed by atoms with van der Waals surface area (Å²) < 4.78 is 0. The lowest BCUT2D eigenvalue weighted by molar-refractivity contribution is -0.871. The third kappa shape index (κ3) is 2.77. The maximum atomic E-state index is 2.27. The summed E-state index contributed by atoms with van der Waals surface area (Å²) in [5.74, 6) is 0. The van der Waals surface area contributed by atoms with Crippen LogP contribution in [0.4, 0.5) is 0 Å². The number of rotatable bonds is 2. The van der Waals surface area contributed by atoms with Crippen molar-refractivity contribution in [3.05, 3.63) is 60.0 Å². The first-order valence-electron chi connectivity index (χ1n) is 6.23. The van der Waals surface area contributed by atoms with Gasteiger partial charge in [-0.3, -0.25) is 0 Å². The lowest BCUT2D eigenvalue weighted by atomic mass is 9.99. The summed E-state index contributed by atoms with van der Waals surface area (Å²) in [6.45, 7) is 3.17. The van der Waals surface area contributed by atoms with Crippen LogP contribution < -0.4 is 4.90 Å². The molecule has 0 spiro atoms. The molecule has 0 bridgehead atoms. The molecule has 2 nitrogen and oxygen atoms in total. The van der Waals surface area contributed by atoms with Crippen LogP contribution >= 0.6 is 0 Å². The highest BCUT2D eigenvalue weighted by atomic mass is 15.1. The smallest absolute Gasteiger partial charge is 0.125 e. The Morgan fingerprint density at radius 3 is 2.00 bits per heavy atom. The number of hydrogen-bond acceptors (Lipinski definition) is 1. The van der Waals surface area contributed by atoms with Crippen molar-refractivity contribution in [2.24, 2.45) is 0 Å². The molecule has 0 aromatic carbocycles. The van der Waals surface area contributed by atoms with Crippen LogP contribution in [0.15, 0.2) is 60.0 Å². The normalized spacial score (nSPS) is 23.1. The van der Waals surface area contributed by atoms with Crippen LogP contribution in [0.25, 0.3) is 0 Å². The molecule has 0 unspecified atom stereocenters. The predicted molar refractivity (Wildman–Crippen MR) is 72.6 cm³/mol. The van der Waals surface area contributed by atoms with Gasteiger partial charge >= 0.3 is 0 Å². The zero-order valence-electron chi connectivity index (χ0n) is 10.9. The van der Waals surface area contributed by atoms with Crippen LogP contribution in [-0.4, -0.2) is 31.6 Å².